The van der Waals surface area contributed by atoms with Crippen LogP contribution in [0.15, 0.2) is 69.1 Å². The minimum Gasteiger partial charge on any atom is -0.497 e. The molecule has 0 spiro atoms. The minimum atomic E-state index is -3.89. The largest absolute Gasteiger partial charge is 0.497 e. The van der Waals surface area contributed by atoms with Crippen molar-refractivity contribution in [3.8, 4) is 11.5 Å². The number of aliphatic hydroxyl groups is 1. The van der Waals surface area contributed by atoms with Gasteiger partial charge >= 0.3 is 0 Å². The Bertz CT molecular complexity index is 1720. The number of methoxy groups -OCH3 is 1. The molecule has 0 bridgehead atoms. The highest BCUT2D eigenvalue weighted by Gasteiger charge is 2.32. The number of benzene rings is 2. The molecule has 1 aliphatic heterocycles. The van der Waals surface area contributed by atoms with Gasteiger partial charge < -0.3 is 24.2 Å². The van der Waals surface area contributed by atoms with Crippen molar-refractivity contribution in [3.63, 3.8) is 0 Å². The van der Waals surface area contributed by atoms with E-state index in [4.69, 9.17) is 14.2 Å². The number of carbonyl (C=O) groups is 1. The van der Waals surface area contributed by atoms with Crippen molar-refractivity contribution in [1.29, 1.82) is 0 Å². The van der Waals surface area contributed by atoms with Gasteiger partial charge in [-0.3, -0.25) is 9.52 Å². The highest BCUT2D eigenvalue weighted by atomic mass is 32.2. The summed E-state index contributed by atoms with van der Waals surface area (Å²) in [5.74, 6) is -0.0128. The normalized spacial score (nSPS) is 20.8. The highest BCUT2D eigenvalue weighted by molar-refractivity contribution is 7.94. The van der Waals surface area contributed by atoms with Crippen molar-refractivity contribution < 1.29 is 40.9 Å². The van der Waals surface area contributed by atoms with Gasteiger partial charge in [0.15, 0.2) is 0 Å². The number of nitrogens with zero attached hydrogens (tertiary/aromatic N) is 2. The third-order valence-electron chi connectivity index (χ3n) is 8.27. The first kappa shape index (κ1) is 37.6. The molecule has 15 heteroatoms. The van der Waals surface area contributed by atoms with Gasteiger partial charge in [-0.15, -0.1) is 11.3 Å². The Kier molecular flexibility index (Phi) is 12.9. The van der Waals surface area contributed by atoms with E-state index in [1.807, 2.05) is 13.8 Å². The fourth-order valence-electron chi connectivity index (χ4n) is 5.35. The molecule has 1 amide bonds. The molecule has 264 valence electrons. The van der Waals surface area contributed by atoms with Gasteiger partial charge in [-0.1, -0.05) is 13.0 Å². The Morgan fingerprint density at radius 1 is 1.10 bits per heavy atom. The maximum atomic E-state index is 14.3. The molecule has 12 nitrogen and oxygen atoms in total. The molecule has 1 aliphatic rings. The second-order valence-electron chi connectivity index (χ2n) is 12.0. The van der Waals surface area contributed by atoms with Gasteiger partial charge in [0.1, 0.15) is 15.7 Å². The second kappa shape index (κ2) is 16.5. The monoisotopic (exact) mass is 723 g/mol. The maximum Gasteiger partial charge on any atom is 0.271 e. The summed E-state index contributed by atoms with van der Waals surface area (Å²) in [6, 6.07) is 13.2. The van der Waals surface area contributed by atoms with Crippen LogP contribution in [-0.4, -0.2) is 95.8 Å². The van der Waals surface area contributed by atoms with Crippen LogP contribution in [-0.2, 0) is 24.8 Å². The second-order valence-corrected chi connectivity index (χ2v) is 16.9. The summed E-state index contributed by atoms with van der Waals surface area (Å²) in [5.41, 5.74) is 0.318. The average molecular weight is 724 g/mol. The number of sulfonamides is 2. The molecule has 0 saturated carbocycles. The lowest BCUT2D eigenvalue weighted by molar-refractivity contribution is -0.00833. The van der Waals surface area contributed by atoms with Crippen LogP contribution in [0.1, 0.15) is 50.4 Å². The molecule has 48 heavy (non-hydrogen) atoms. The van der Waals surface area contributed by atoms with Gasteiger partial charge in [0.2, 0.25) is 10.0 Å². The van der Waals surface area contributed by atoms with E-state index in [9.17, 15) is 26.7 Å². The lowest BCUT2D eigenvalue weighted by Gasteiger charge is -2.35. The van der Waals surface area contributed by atoms with Crippen LogP contribution in [0.25, 0.3) is 0 Å². The van der Waals surface area contributed by atoms with Crippen molar-refractivity contribution in [2.75, 3.05) is 45.2 Å². The smallest absolute Gasteiger partial charge is 0.271 e. The SMILES string of the molecule is COc1ccc(S(=O)(=O)N(C)C[C@@H]2OCCCC[C@H](C)Oc3ccc(NS(=O)(=O)c4cccs4)cc3C(=O)N([C@@H](C)CO)C[C@H]2C)cc1. The highest BCUT2D eigenvalue weighted by Crippen LogP contribution is 2.30. The fourth-order valence-corrected chi connectivity index (χ4v) is 8.58. The first-order chi connectivity index (χ1) is 22.8. The van der Waals surface area contributed by atoms with Gasteiger partial charge in [-0.05, 0) is 87.0 Å². The molecule has 3 aromatic rings. The molecule has 2 aromatic carbocycles. The summed E-state index contributed by atoms with van der Waals surface area (Å²) < 4.78 is 74.6. The molecule has 1 aromatic heterocycles. The molecule has 0 fully saturated rings. The van der Waals surface area contributed by atoms with E-state index in [0.29, 0.717) is 30.9 Å². The Hall–Kier alpha value is -3.21. The van der Waals surface area contributed by atoms with Crippen molar-refractivity contribution in [1.82, 2.24) is 9.21 Å². The van der Waals surface area contributed by atoms with E-state index in [1.54, 1.807) is 42.6 Å². The maximum absolute atomic E-state index is 14.3. The van der Waals surface area contributed by atoms with E-state index in [-0.39, 0.29) is 52.1 Å². The summed E-state index contributed by atoms with van der Waals surface area (Å²) in [6.07, 6.45) is 1.26. The number of aliphatic hydroxyl groups excluding tert-OH is 1. The van der Waals surface area contributed by atoms with E-state index >= 15 is 0 Å². The molecule has 0 aliphatic carbocycles. The molecule has 4 rings (SSSR count). The molecule has 0 radical (unpaired) electrons. The van der Waals surface area contributed by atoms with Crippen LogP contribution in [0.4, 0.5) is 5.69 Å². The summed E-state index contributed by atoms with van der Waals surface area (Å²) in [7, 11) is -4.76. The Morgan fingerprint density at radius 3 is 2.48 bits per heavy atom. The van der Waals surface area contributed by atoms with E-state index < -0.39 is 38.1 Å². The number of thiophene rings is 1. The lowest BCUT2D eigenvalue weighted by Crippen LogP contribution is -2.48. The molecule has 0 saturated heterocycles. The first-order valence-corrected chi connectivity index (χ1v) is 19.6. The van der Waals surface area contributed by atoms with Gasteiger partial charge in [0, 0.05) is 38.3 Å². The van der Waals surface area contributed by atoms with Gasteiger partial charge in [-0.2, -0.15) is 4.31 Å². The molecular formula is C33H45N3O9S3. The quantitative estimate of drug-likeness (QED) is 0.304. The molecule has 0 unspecified atom stereocenters. The zero-order valence-electron chi connectivity index (χ0n) is 27.9. The molecular weight excluding hydrogens is 679 g/mol. The summed E-state index contributed by atoms with van der Waals surface area (Å²) in [5, 5.41) is 11.9. The Balaban J connectivity index is 1.66. The Morgan fingerprint density at radius 2 is 1.83 bits per heavy atom. The van der Waals surface area contributed by atoms with Crippen molar-refractivity contribution >= 4 is 43.0 Å². The average Bonchev–Trinajstić information content (AvgIpc) is 3.62. The van der Waals surface area contributed by atoms with Crippen molar-refractivity contribution in [3.05, 3.63) is 65.5 Å². The van der Waals surface area contributed by atoms with Gasteiger partial charge in [0.05, 0.1) is 42.4 Å². The Labute approximate surface area is 287 Å². The van der Waals surface area contributed by atoms with Gasteiger partial charge in [0.25, 0.3) is 15.9 Å². The predicted molar refractivity (Wildman–Crippen MR) is 185 cm³/mol. The first-order valence-electron chi connectivity index (χ1n) is 15.8. The van der Waals surface area contributed by atoms with Crippen LogP contribution >= 0.6 is 11.3 Å². The minimum absolute atomic E-state index is 0.0236. The molecule has 2 N–H and O–H groups in total. The predicted octanol–water partition coefficient (Wildman–Crippen LogP) is 4.67. The fraction of sp³-hybridized carbons (Fsp3) is 0.485. The number of hydrogen-bond acceptors (Lipinski definition) is 10. The van der Waals surface area contributed by atoms with E-state index in [0.717, 1.165) is 17.8 Å². The topological polar surface area (TPSA) is 152 Å². The standard InChI is InChI=1S/C33H45N3O9S3/c1-23-20-36(24(2)22-37)33(38)29-19-26(34-47(39,40)32-10-8-18-46-32)11-16-30(29)45-25(3)9-6-7-17-44-31(23)21-35(4)48(41,42)28-14-12-27(43-5)13-15-28/h8,10-16,18-19,23-25,31,34,37H,6-7,9,17,20-22H2,1-5H3/t23-,24+,25+,31+/m1/s1. The number of carbonyl (C=O) groups excluding carboxylic acids is 1. The van der Waals surface area contributed by atoms with Crippen LogP contribution < -0.4 is 14.2 Å². The van der Waals surface area contributed by atoms with E-state index in [2.05, 4.69) is 4.72 Å². The number of anilines is 1. The number of rotatable bonds is 10. The number of likely N-dealkylation sites (N-methyl/N-ethyl adjacent to an activating group) is 1. The number of fused-ring (bicyclic) bond motifs is 1. The van der Waals surface area contributed by atoms with Crippen LogP contribution in [0.2, 0.25) is 0 Å². The number of amides is 1. The van der Waals surface area contributed by atoms with Crippen LogP contribution in [0.5, 0.6) is 11.5 Å². The number of nitrogens with one attached hydrogen (secondary N) is 1. The summed E-state index contributed by atoms with van der Waals surface area (Å²) in [6.45, 7) is 5.65. The zero-order valence-corrected chi connectivity index (χ0v) is 30.3. The number of ether oxygens (including phenoxy) is 3. The van der Waals surface area contributed by atoms with Gasteiger partial charge in [-0.25, -0.2) is 16.8 Å². The third-order valence-corrected chi connectivity index (χ3v) is 12.9. The van der Waals surface area contributed by atoms with Crippen LogP contribution in [0.3, 0.4) is 0 Å². The summed E-state index contributed by atoms with van der Waals surface area (Å²) in [4.78, 5) is 15.9. The van der Waals surface area contributed by atoms with Crippen LogP contribution in [0, 0.1) is 5.92 Å². The van der Waals surface area contributed by atoms with Crippen molar-refractivity contribution in [2.45, 2.75) is 67.4 Å². The van der Waals surface area contributed by atoms with Crippen molar-refractivity contribution in [2.24, 2.45) is 5.92 Å². The van der Waals surface area contributed by atoms with E-state index in [1.165, 1.54) is 47.6 Å². The molecule has 2 heterocycles. The lowest BCUT2D eigenvalue weighted by atomic mass is 10.0. The zero-order chi connectivity index (χ0) is 35.1. The third kappa shape index (κ3) is 9.27. The number of hydrogen-bond donors (Lipinski definition) is 2. The molecule has 4 atom stereocenters. The summed E-state index contributed by atoms with van der Waals surface area (Å²) >= 11 is 1.08.